The first kappa shape index (κ1) is 12.5. The van der Waals surface area contributed by atoms with E-state index in [0.717, 1.165) is 31.0 Å². The van der Waals surface area contributed by atoms with E-state index in [2.05, 4.69) is 16.9 Å². The molecule has 0 unspecified atom stereocenters. The lowest BCUT2D eigenvalue weighted by atomic mass is 10.2. The summed E-state index contributed by atoms with van der Waals surface area (Å²) in [5.74, 6) is 0.863. The van der Waals surface area contributed by atoms with Gasteiger partial charge in [0.2, 0.25) is 0 Å². The molecule has 4 heteroatoms. The molecule has 0 aromatic carbocycles. The topological polar surface area (TPSA) is 60.2 Å². The van der Waals surface area contributed by atoms with Crippen molar-refractivity contribution in [3.8, 4) is 0 Å². The second kappa shape index (κ2) is 6.85. The van der Waals surface area contributed by atoms with Crippen LogP contribution in [0.1, 0.15) is 12.0 Å². The highest BCUT2D eigenvalue weighted by Gasteiger charge is 1.98. The van der Waals surface area contributed by atoms with Crippen LogP contribution in [0.4, 0.5) is 11.5 Å². The standard InChI is InChI=1S/C12H19N3O/c1-3-4-6-16-7-5-14-12-10(2)8-11(13)9-15-12/h3,8-9H,1,4-7,13H2,2H3,(H,14,15). The van der Waals surface area contributed by atoms with Crippen LogP contribution in [0.15, 0.2) is 24.9 Å². The molecule has 1 aromatic rings. The number of nitrogen functional groups attached to an aromatic ring is 1. The molecule has 1 rings (SSSR count). The second-order valence-corrected chi connectivity index (χ2v) is 3.55. The summed E-state index contributed by atoms with van der Waals surface area (Å²) in [7, 11) is 0. The van der Waals surface area contributed by atoms with Gasteiger partial charge in [-0.2, -0.15) is 0 Å². The molecule has 0 aliphatic heterocycles. The quantitative estimate of drug-likeness (QED) is 0.546. The predicted octanol–water partition coefficient (Wildman–Crippen LogP) is 1.98. The molecule has 1 aromatic heterocycles. The average Bonchev–Trinajstić information content (AvgIpc) is 2.26. The zero-order valence-corrected chi connectivity index (χ0v) is 9.70. The van der Waals surface area contributed by atoms with E-state index in [-0.39, 0.29) is 0 Å². The van der Waals surface area contributed by atoms with Gasteiger partial charge in [-0.05, 0) is 25.0 Å². The number of anilines is 2. The lowest BCUT2D eigenvalue weighted by Gasteiger charge is -2.08. The monoisotopic (exact) mass is 221 g/mol. The van der Waals surface area contributed by atoms with Crippen LogP contribution in [-0.2, 0) is 4.74 Å². The highest BCUT2D eigenvalue weighted by atomic mass is 16.5. The van der Waals surface area contributed by atoms with Crippen molar-refractivity contribution in [1.82, 2.24) is 4.98 Å². The summed E-state index contributed by atoms with van der Waals surface area (Å²) in [6, 6.07) is 1.90. The lowest BCUT2D eigenvalue weighted by molar-refractivity contribution is 0.149. The SMILES string of the molecule is C=CCCOCCNc1ncc(N)cc1C. The number of hydrogen-bond acceptors (Lipinski definition) is 4. The van der Waals surface area contributed by atoms with Crippen molar-refractivity contribution in [2.24, 2.45) is 0 Å². The summed E-state index contributed by atoms with van der Waals surface area (Å²) in [4.78, 5) is 4.20. The third-order valence-electron chi connectivity index (χ3n) is 2.10. The van der Waals surface area contributed by atoms with Crippen molar-refractivity contribution < 1.29 is 4.74 Å². The molecular formula is C12H19N3O. The first-order chi connectivity index (χ1) is 7.74. The molecule has 0 amide bonds. The van der Waals surface area contributed by atoms with Crippen molar-refractivity contribution >= 4 is 11.5 Å². The van der Waals surface area contributed by atoms with E-state index >= 15 is 0 Å². The summed E-state index contributed by atoms with van der Waals surface area (Å²) in [5, 5.41) is 3.20. The van der Waals surface area contributed by atoms with Crippen molar-refractivity contribution in [1.29, 1.82) is 0 Å². The van der Waals surface area contributed by atoms with Crippen LogP contribution in [0.25, 0.3) is 0 Å². The number of pyridine rings is 1. The van der Waals surface area contributed by atoms with Crippen molar-refractivity contribution in [3.63, 3.8) is 0 Å². The van der Waals surface area contributed by atoms with Crippen LogP contribution < -0.4 is 11.1 Å². The third kappa shape index (κ3) is 4.31. The molecular weight excluding hydrogens is 202 g/mol. The summed E-state index contributed by atoms with van der Waals surface area (Å²) in [5.41, 5.74) is 7.35. The molecule has 0 radical (unpaired) electrons. The van der Waals surface area contributed by atoms with E-state index in [0.29, 0.717) is 12.3 Å². The maximum absolute atomic E-state index is 5.61. The van der Waals surface area contributed by atoms with Gasteiger partial charge in [-0.1, -0.05) is 6.08 Å². The highest BCUT2D eigenvalue weighted by molar-refractivity contribution is 5.50. The minimum atomic E-state index is 0.666. The van der Waals surface area contributed by atoms with Gasteiger partial charge in [-0.15, -0.1) is 6.58 Å². The maximum Gasteiger partial charge on any atom is 0.129 e. The molecule has 0 bridgehead atoms. The Balaban J connectivity index is 2.24. The fourth-order valence-electron chi connectivity index (χ4n) is 1.29. The summed E-state index contributed by atoms with van der Waals surface area (Å²) < 4.78 is 5.37. The molecule has 0 atom stereocenters. The van der Waals surface area contributed by atoms with Crippen molar-refractivity contribution in [2.75, 3.05) is 30.8 Å². The molecule has 0 saturated carbocycles. The molecule has 3 N–H and O–H groups in total. The number of nitrogens with two attached hydrogens (primary N) is 1. The molecule has 88 valence electrons. The zero-order valence-electron chi connectivity index (χ0n) is 9.70. The van der Waals surface area contributed by atoms with Gasteiger partial charge < -0.3 is 15.8 Å². The Morgan fingerprint density at radius 3 is 3.06 bits per heavy atom. The van der Waals surface area contributed by atoms with E-state index in [9.17, 15) is 0 Å². The number of aryl methyl sites for hydroxylation is 1. The maximum atomic E-state index is 5.61. The van der Waals surface area contributed by atoms with E-state index in [4.69, 9.17) is 10.5 Å². The van der Waals surface area contributed by atoms with Gasteiger partial charge in [0.05, 0.1) is 25.1 Å². The van der Waals surface area contributed by atoms with Crippen LogP contribution in [0, 0.1) is 6.92 Å². The largest absolute Gasteiger partial charge is 0.397 e. The lowest BCUT2D eigenvalue weighted by Crippen LogP contribution is -2.11. The molecule has 0 aliphatic carbocycles. The minimum absolute atomic E-state index is 0.666. The molecule has 0 aliphatic rings. The molecule has 16 heavy (non-hydrogen) atoms. The Morgan fingerprint density at radius 2 is 2.38 bits per heavy atom. The van der Waals surface area contributed by atoms with E-state index in [1.165, 1.54) is 0 Å². The van der Waals surface area contributed by atoms with Crippen LogP contribution in [0.3, 0.4) is 0 Å². The molecule has 4 nitrogen and oxygen atoms in total. The van der Waals surface area contributed by atoms with E-state index in [1.807, 2.05) is 19.1 Å². The van der Waals surface area contributed by atoms with E-state index in [1.54, 1.807) is 6.20 Å². The summed E-state index contributed by atoms with van der Waals surface area (Å²) in [6.45, 7) is 7.74. The molecule has 0 spiro atoms. The molecule has 0 fully saturated rings. The number of hydrogen-bond donors (Lipinski definition) is 2. The normalized spacial score (nSPS) is 10.1. The smallest absolute Gasteiger partial charge is 0.129 e. The van der Waals surface area contributed by atoms with Crippen LogP contribution in [0.2, 0.25) is 0 Å². The van der Waals surface area contributed by atoms with Crippen LogP contribution in [-0.4, -0.2) is 24.7 Å². The average molecular weight is 221 g/mol. The van der Waals surface area contributed by atoms with Gasteiger partial charge in [-0.3, -0.25) is 0 Å². The summed E-state index contributed by atoms with van der Waals surface area (Å²) in [6.07, 6.45) is 4.38. The minimum Gasteiger partial charge on any atom is -0.397 e. The number of nitrogens with zero attached hydrogens (tertiary/aromatic N) is 1. The fourth-order valence-corrected chi connectivity index (χ4v) is 1.29. The first-order valence-corrected chi connectivity index (χ1v) is 5.38. The van der Waals surface area contributed by atoms with E-state index < -0.39 is 0 Å². The highest BCUT2D eigenvalue weighted by Crippen LogP contribution is 2.13. The molecule has 1 heterocycles. The number of rotatable bonds is 7. The predicted molar refractivity (Wildman–Crippen MR) is 67.5 cm³/mol. The Hall–Kier alpha value is -1.55. The van der Waals surface area contributed by atoms with Gasteiger partial charge in [0.25, 0.3) is 0 Å². The van der Waals surface area contributed by atoms with Gasteiger partial charge >= 0.3 is 0 Å². The van der Waals surface area contributed by atoms with Crippen LogP contribution in [0.5, 0.6) is 0 Å². The Morgan fingerprint density at radius 1 is 1.56 bits per heavy atom. The zero-order chi connectivity index (χ0) is 11.8. The van der Waals surface area contributed by atoms with Crippen molar-refractivity contribution in [2.45, 2.75) is 13.3 Å². The first-order valence-electron chi connectivity index (χ1n) is 5.38. The summed E-state index contributed by atoms with van der Waals surface area (Å²) >= 11 is 0. The molecule has 0 saturated heterocycles. The fraction of sp³-hybridized carbons (Fsp3) is 0.417. The van der Waals surface area contributed by atoms with Gasteiger partial charge in [-0.25, -0.2) is 4.98 Å². The number of nitrogens with one attached hydrogen (secondary N) is 1. The van der Waals surface area contributed by atoms with Crippen molar-refractivity contribution in [3.05, 3.63) is 30.5 Å². The second-order valence-electron chi connectivity index (χ2n) is 3.55. The Labute approximate surface area is 96.5 Å². The van der Waals surface area contributed by atoms with Gasteiger partial charge in [0.1, 0.15) is 5.82 Å². The van der Waals surface area contributed by atoms with Crippen LogP contribution >= 0.6 is 0 Å². The number of aromatic nitrogens is 1. The Bertz CT molecular complexity index is 339. The van der Waals surface area contributed by atoms with Gasteiger partial charge in [0, 0.05) is 6.54 Å². The third-order valence-corrected chi connectivity index (χ3v) is 2.10. The number of ether oxygens (including phenoxy) is 1. The van der Waals surface area contributed by atoms with Gasteiger partial charge in [0.15, 0.2) is 0 Å². The Kier molecular flexibility index (Phi) is 5.36.